The molecule has 1 aromatic rings. The predicted octanol–water partition coefficient (Wildman–Crippen LogP) is 2.59. The van der Waals surface area contributed by atoms with Gasteiger partial charge in [-0.3, -0.25) is 0 Å². The maximum atomic E-state index is 11.7. The molecule has 1 aliphatic carbocycles. The van der Waals surface area contributed by atoms with Crippen LogP contribution in [0.1, 0.15) is 23.2 Å². The van der Waals surface area contributed by atoms with E-state index in [0.29, 0.717) is 24.1 Å². The van der Waals surface area contributed by atoms with E-state index in [1.165, 1.54) is 31.0 Å². The Balaban J connectivity index is 1.78. The summed E-state index contributed by atoms with van der Waals surface area (Å²) in [6.07, 6.45) is 2.45. The van der Waals surface area contributed by atoms with Crippen LogP contribution in [0.15, 0.2) is 18.2 Å². The van der Waals surface area contributed by atoms with E-state index in [2.05, 4.69) is 10.6 Å². The number of halogens is 1. The molecule has 21 heavy (non-hydrogen) atoms. The third-order valence-electron chi connectivity index (χ3n) is 3.04. The van der Waals surface area contributed by atoms with Crippen LogP contribution in [-0.4, -0.2) is 36.9 Å². The van der Waals surface area contributed by atoms with Gasteiger partial charge in [0.25, 0.3) is 0 Å². The second-order valence-corrected chi connectivity index (χ2v) is 5.33. The molecule has 0 aromatic heterocycles. The molecule has 2 rings (SSSR count). The van der Waals surface area contributed by atoms with Gasteiger partial charge >= 0.3 is 12.0 Å². The van der Waals surface area contributed by atoms with Crippen molar-refractivity contribution in [1.82, 2.24) is 5.32 Å². The Morgan fingerprint density at radius 2 is 2.14 bits per heavy atom. The molecule has 0 unspecified atom stereocenters. The number of carboxylic acids is 1. The standard InChI is InChI=1S/C14H17ClN2O4/c15-10-3-4-11(13(18)19)12(7-10)17-14(20)16-5-6-21-8-9-1-2-9/h3-4,7,9H,1-2,5-6,8H2,(H,18,19)(H2,16,17,20). The molecule has 114 valence electrons. The average molecular weight is 313 g/mol. The quantitative estimate of drug-likeness (QED) is 0.675. The number of anilines is 1. The minimum absolute atomic E-state index is 0.0143. The SMILES string of the molecule is O=C(NCCOCC1CC1)Nc1cc(Cl)ccc1C(=O)O. The van der Waals surface area contributed by atoms with E-state index in [0.717, 1.165) is 6.61 Å². The van der Waals surface area contributed by atoms with Gasteiger partial charge in [0.15, 0.2) is 0 Å². The van der Waals surface area contributed by atoms with Gasteiger partial charge in [0.1, 0.15) is 0 Å². The highest BCUT2D eigenvalue weighted by molar-refractivity contribution is 6.31. The smallest absolute Gasteiger partial charge is 0.337 e. The second kappa shape index (κ2) is 7.28. The van der Waals surface area contributed by atoms with Crippen molar-refractivity contribution in [2.75, 3.05) is 25.1 Å². The summed E-state index contributed by atoms with van der Waals surface area (Å²) in [5.41, 5.74) is 0.144. The van der Waals surface area contributed by atoms with Crippen LogP contribution in [0.2, 0.25) is 5.02 Å². The molecule has 0 bridgehead atoms. The van der Waals surface area contributed by atoms with Gasteiger partial charge in [-0.2, -0.15) is 0 Å². The molecule has 0 spiro atoms. The Morgan fingerprint density at radius 1 is 1.38 bits per heavy atom. The minimum atomic E-state index is -1.13. The van der Waals surface area contributed by atoms with Gasteiger partial charge in [-0.15, -0.1) is 0 Å². The van der Waals surface area contributed by atoms with Crippen LogP contribution in [0.5, 0.6) is 0 Å². The van der Waals surface area contributed by atoms with Gasteiger partial charge in [-0.1, -0.05) is 11.6 Å². The van der Waals surface area contributed by atoms with E-state index in [4.69, 9.17) is 21.4 Å². The zero-order chi connectivity index (χ0) is 15.2. The molecule has 0 radical (unpaired) electrons. The Labute approximate surface area is 127 Å². The largest absolute Gasteiger partial charge is 0.478 e. The lowest BCUT2D eigenvalue weighted by atomic mass is 10.2. The molecular weight excluding hydrogens is 296 g/mol. The topological polar surface area (TPSA) is 87.7 Å². The Morgan fingerprint density at radius 3 is 2.81 bits per heavy atom. The summed E-state index contributed by atoms with van der Waals surface area (Å²) < 4.78 is 5.38. The van der Waals surface area contributed by atoms with E-state index < -0.39 is 12.0 Å². The number of carbonyl (C=O) groups excluding carboxylic acids is 1. The molecule has 0 atom stereocenters. The van der Waals surface area contributed by atoms with Crippen LogP contribution in [0.3, 0.4) is 0 Å². The van der Waals surface area contributed by atoms with Gasteiger partial charge in [-0.25, -0.2) is 9.59 Å². The number of rotatable bonds is 7. The maximum Gasteiger partial charge on any atom is 0.337 e. The summed E-state index contributed by atoms with van der Waals surface area (Å²) in [5.74, 6) is -0.446. The minimum Gasteiger partial charge on any atom is -0.478 e. The fourth-order valence-electron chi connectivity index (χ4n) is 1.74. The van der Waals surface area contributed by atoms with Crippen LogP contribution in [-0.2, 0) is 4.74 Å². The van der Waals surface area contributed by atoms with Crippen molar-refractivity contribution in [2.45, 2.75) is 12.8 Å². The zero-order valence-corrected chi connectivity index (χ0v) is 12.2. The van der Waals surface area contributed by atoms with Crippen LogP contribution in [0.4, 0.5) is 10.5 Å². The van der Waals surface area contributed by atoms with Crippen molar-refractivity contribution >= 4 is 29.3 Å². The first kappa shape index (κ1) is 15.6. The number of carbonyl (C=O) groups is 2. The van der Waals surface area contributed by atoms with Crippen LogP contribution in [0, 0.1) is 5.92 Å². The van der Waals surface area contributed by atoms with E-state index >= 15 is 0 Å². The first-order chi connectivity index (χ1) is 10.1. The summed E-state index contributed by atoms with van der Waals surface area (Å²) >= 11 is 5.80. The molecule has 7 heteroatoms. The van der Waals surface area contributed by atoms with Gasteiger partial charge in [0.2, 0.25) is 0 Å². The predicted molar refractivity (Wildman–Crippen MR) is 79.0 cm³/mol. The number of hydrogen-bond acceptors (Lipinski definition) is 3. The number of carboxylic acid groups (broad SMARTS) is 1. The average Bonchev–Trinajstić information content (AvgIpc) is 3.22. The fraction of sp³-hybridized carbons (Fsp3) is 0.429. The van der Waals surface area contributed by atoms with Gasteiger partial charge in [-0.05, 0) is 37.0 Å². The van der Waals surface area contributed by atoms with Gasteiger partial charge < -0.3 is 20.5 Å². The highest BCUT2D eigenvalue weighted by Gasteiger charge is 2.20. The molecule has 2 amide bonds. The Kier molecular flexibility index (Phi) is 5.41. The van der Waals surface area contributed by atoms with E-state index in [1.54, 1.807) is 0 Å². The van der Waals surface area contributed by atoms with Crippen molar-refractivity contribution in [2.24, 2.45) is 5.92 Å². The Bertz CT molecular complexity index is 532. The summed E-state index contributed by atoms with van der Waals surface area (Å²) in [7, 11) is 0. The monoisotopic (exact) mass is 312 g/mol. The van der Waals surface area contributed by atoms with E-state index in [-0.39, 0.29) is 11.3 Å². The highest BCUT2D eigenvalue weighted by Crippen LogP contribution is 2.28. The molecule has 1 aliphatic rings. The van der Waals surface area contributed by atoms with Crippen molar-refractivity contribution in [1.29, 1.82) is 0 Å². The summed E-state index contributed by atoms with van der Waals surface area (Å²) in [6, 6.07) is 3.71. The number of ether oxygens (including phenoxy) is 1. The lowest BCUT2D eigenvalue weighted by Crippen LogP contribution is -2.32. The van der Waals surface area contributed by atoms with Crippen molar-refractivity contribution in [3.63, 3.8) is 0 Å². The molecule has 0 heterocycles. The van der Waals surface area contributed by atoms with Crippen LogP contribution >= 0.6 is 11.6 Å². The second-order valence-electron chi connectivity index (χ2n) is 4.89. The molecule has 0 aliphatic heterocycles. The van der Waals surface area contributed by atoms with Crippen molar-refractivity contribution in [3.8, 4) is 0 Å². The third kappa shape index (κ3) is 5.24. The first-order valence-electron chi connectivity index (χ1n) is 6.71. The molecule has 6 nitrogen and oxygen atoms in total. The van der Waals surface area contributed by atoms with Crippen LogP contribution < -0.4 is 10.6 Å². The molecule has 3 N–H and O–H groups in total. The summed E-state index contributed by atoms with van der Waals surface area (Å²) in [4.78, 5) is 22.7. The van der Waals surface area contributed by atoms with Crippen molar-refractivity contribution in [3.05, 3.63) is 28.8 Å². The number of urea groups is 1. The van der Waals surface area contributed by atoms with E-state index in [9.17, 15) is 9.59 Å². The number of aromatic carboxylic acids is 1. The fourth-order valence-corrected chi connectivity index (χ4v) is 1.92. The summed E-state index contributed by atoms with van der Waals surface area (Å²) in [6.45, 7) is 1.54. The highest BCUT2D eigenvalue weighted by atomic mass is 35.5. The first-order valence-corrected chi connectivity index (χ1v) is 7.09. The lowest BCUT2D eigenvalue weighted by Gasteiger charge is -2.10. The summed E-state index contributed by atoms with van der Waals surface area (Å²) in [5, 5.41) is 14.5. The van der Waals surface area contributed by atoms with Crippen molar-refractivity contribution < 1.29 is 19.4 Å². The van der Waals surface area contributed by atoms with Gasteiger partial charge in [0.05, 0.1) is 17.9 Å². The van der Waals surface area contributed by atoms with Crippen LogP contribution in [0.25, 0.3) is 0 Å². The van der Waals surface area contributed by atoms with Gasteiger partial charge in [0, 0.05) is 18.2 Å². The molecule has 1 fully saturated rings. The normalized spacial score (nSPS) is 13.8. The number of amides is 2. The Hall–Kier alpha value is -1.79. The molecule has 1 saturated carbocycles. The lowest BCUT2D eigenvalue weighted by molar-refractivity contribution is 0.0698. The zero-order valence-electron chi connectivity index (χ0n) is 11.4. The number of nitrogens with one attached hydrogen (secondary N) is 2. The number of hydrogen-bond donors (Lipinski definition) is 3. The third-order valence-corrected chi connectivity index (χ3v) is 3.28. The molecule has 1 aromatic carbocycles. The number of benzene rings is 1. The van der Waals surface area contributed by atoms with E-state index in [1.807, 2.05) is 0 Å². The maximum absolute atomic E-state index is 11.7. The molecule has 0 saturated heterocycles. The molecular formula is C14H17ClN2O4.